The zero-order valence-corrected chi connectivity index (χ0v) is 20.9. The summed E-state index contributed by atoms with van der Waals surface area (Å²) >= 11 is 0. The highest BCUT2D eigenvalue weighted by molar-refractivity contribution is 5.86. The number of piperidine rings is 1. The third kappa shape index (κ3) is 5.08. The zero-order chi connectivity index (χ0) is 25.0. The molecule has 5 aromatic rings. The van der Waals surface area contributed by atoms with Gasteiger partial charge in [0.2, 0.25) is 0 Å². The number of aromatic nitrogens is 2. The van der Waals surface area contributed by atoms with Crippen LogP contribution < -0.4 is 4.74 Å². The number of hydrogen-bond donors (Lipinski definition) is 1. The maximum Gasteiger partial charge on any atom is 0.260 e. The number of nitrogens with one attached hydrogen (secondary N) is 1. The highest BCUT2D eigenvalue weighted by Gasteiger charge is 2.23. The molecule has 6 rings (SSSR count). The van der Waals surface area contributed by atoms with Crippen LogP contribution >= 0.6 is 0 Å². The van der Waals surface area contributed by atoms with E-state index in [1.54, 1.807) is 6.33 Å². The van der Waals surface area contributed by atoms with Crippen LogP contribution in [0, 0.1) is 5.92 Å². The van der Waals surface area contributed by atoms with Gasteiger partial charge in [-0.25, -0.2) is 4.98 Å². The molecule has 1 fully saturated rings. The second-order valence-corrected chi connectivity index (χ2v) is 9.92. The molecule has 5 nitrogen and oxygen atoms in total. The average Bonchev–Trinajstić information content (AvgIpc) is 3.43. The number of aromatic amines is 1. The van der Waals surface area contributed by atoms with Gasteiger partial charge in [-0.3, -0.25) is 4.79 Å². The van der Waals surface area contributed by atoms with Crippen molar-refractivity contribution in [3.63, 3.8) is 0 Å². The molecular formula is C32H31N3O2. The summed E-state index contributed by atoms with van der Waals surface area (Å²) in [5.74, 6) is 1.44. The molecule has 2 heterocycles. The lowest BCUT2D eigenvalue weighted by Gasteiger charge is -2.32. The number of benzene rings is 4. The molecule has 0 spiro atoms. The second-order valence-electron chi connectivity index (χ2n) is 9.92. The number of ether oxygens (including phenoxy) is 1. The smallest absolute Gasteiger partial charge is 0.260 e. The van der Waals surface area contributed by atoms with Crippen molar-refractivity contribution in [2.75, 3.05) is 19.7 Å². The van der Waals surface area contributed by atoms with E-state index in [0.717, 1.165) is 60.3 Å². The fraction of sp³-hybridized carbons (Fsp3) is 0.250. The first kappa shape index (κ1) is 23.3. The molecule has 1 amide bonds. The quantitative estimate of drug-likeness (QED) is 0.279. The monoisotopic (exact) mass is 489 g/mol. The lowest BCUT2D eigenvalue weighted by atomic mass is 9.89. The normalized spacial score (nSPS) is 14.3. The van der Waals surface area contributed by atoms with Gasteiger partial charge in [0.25, 0.3) is 5.91 Å². The fourth-order valence-electron chi connectivity index (χ4n) is 5.51. The van der Waals surface area contributed by atoms with Crippen LogP contribution in [0.15, 0.2) is 91.3 Å². The van der Waals surface area contributed by atoms with Crippen molar-refractivity contribution in [1.82, 2.24) is 14.9 Å². The van der Waals surface area contributed by atoms with E-state index in [9.17, 15) is 4.79 Å². The molecule has 1 saturated heterocycles. The lowest BCUT2D eigenvalue weighted by Crippen LogP contribution is -2.41. The molecule has 4 aromatic carbocycles. The highest BCUT2D eigenvalue weighted by atomic mass is 16.5. The third-order valence-corrected chi connectivity index (χ3v) is 7.64. The van der Waals surface area contributed by atoms with Crippen LogP contribution in [0.5, 0.6) is 5.75 Å². The Balaban J connectivity index is 1.03. The van der Waals surface area contributed by atoms with Gasteiger partial charge < -0.3 is 14.6 Å². The van der Waals surface area contributed by atoms with Gasteiger partial charge in [-0.2, -0.15) is 0 Å². The van der Waals surface area contributed by atoms with Crippen molar-refractivity contribution in [2.24, 2.45) is 5.92 Å². The van der Waals surface area contributed by atoms with Gasteiger partial charge in [0, 0.05) is 18.7 Å². The van der Waals surface area contributed by atoms with Crippen LogP contribution in [0.25, 0.3) is 32.9 Å². The number of carbonyl (C=O) groups is 1. The number of aryl methyl sites for hydroxylation is 1. The molecule has 1 aliphatic rings. The summed E-state index contributed by atoms with van der Waals surface area (Å²) in [5, 5.41) is 2.67. The minimum atomic E-state index is 0.0595. The van der Waals surface area contributed by atoms with Crippen molar-refractivity contribution < 1.29 is 9.53 Å². The summed E-state index contributed by atoms with van der Waals surface area (Å²) in [4.78, 5) is 22.4. The predicted octanol–water partition coefficient (Wildman–Crippen LogP) is 6.63. The Bertz CT molecular complexity index is 1530. The first-order valence-corrected chi connectivity index (χ1v) is 13.1. The highest BCUT2D eigenvalue weighted by Crippen LogP contribution is 2.32. The Morgan fingerprint density at radius 2 is 1.76 bits per heavy atom. The van der Waals surface area contributed by atoms with E-state index in [-0.39, 0.29) is 12.5 Å². The Hall–Kier alpha value is -4.12. The van der Waals surface area contributed by atoms with Gasteiger partial charge in [0.15, 0.2) is 6.61 Å². The van der Waals surface area contributed by atoms with Gasteiger partial charge in [0.1, 0.15) is 5.75 Å². The molecule has 0 saturated carbocycles. The minimum absolute atomic E-state index is 0.0595. The Morgan fingerprint density at radius 3 is 2.68 bits per heavy atom. The molecule has 37 heavy (non-hydrogen) atoms. The number of H-pyrrole nitrogens is 1. The fourth-order valence-corrected chi connectivity index (χ4v) is 5.51. The number of imidazole rings is 1. The van der Waals surface area contributed by atoms with Crippen LogP contribution in [0.3, 0.4) is 0 Å². The van der Waals surface area contributed by atoms with Gasteiger partial charge in [-0.1, -0.05) is 66.7 Å². The summed E-state index contributed by atoms with van der Waals surface area (Å²) in [7, 11) is 0. The summed E-state index contributed by atoms with van der Waals surface area (Å²) in [6.45, 7) is 1.67. The van der Waals surface area contributed by atoms with E-state index in [2.05, 4.69) is 58.5 Å². The zero-order valence-electron chi connectivity index (χ0n) is 20.9. The molecule has 5 heteroatoms. The number of amides is 1. The Morgan fingerprint density at radius 1 is 0.946 bits per heavy atom. The van der Waals surface area contributed by atoms with Crippen LogP contribution in [-0.2, 0) is 11.2 Å². The number of carbonyl (C=O) groups excluding carboxylic acids is 1. The van der Waals surface area contributed by atoms with E-state index in [4.69, 9.17) is 4.74 Å². The molecule has 0 bridgehead atoms. The topological polar surface area (TPSA) is 58.2 Å². The Kier molecular flexibility index (Phi) is 6.59. The second kappa shape index (κ2) is 10.5. The number of likely N-dealkylation sites (tertiary alicyclic amines) is 1. The van der Waals surface area contributed by atoms with E-state index < -0.39 is 0 Å². The van der Waals surface area contributed by atoms with Crippen molar-refractivity contribution in [1.29, 1.82) is 0 Å². The summed E-state index contributed by atoms with van der Waals surface area (Å²) in [6.07, 6.45) is 6.06. The molecule has 1 N–H and O–H groups in total. The molecule has 1 aliphatic heterocycles. The van der Waals surface area contributed by atoms with Gasteiger partial charge in [-0.15, -0.1) is 0 Å². The summed E-state index contributed by atoms with van der Waals surface area (Å²) in [6, 6.07) is 29.2. The van der Waals surface area contributed by atoms with E-state index in [0.29, 0.717) is 5.92 Å². The lowest BCUT2D eigenvalue weighted by molar-refractivity contribution is -0.134. The molecular weight excluding hydrogens is 458 g/mol. The first-order chi connectivity index (χ1) is 18.2. The van der Waals surface area contributed by atoms with Crippen molar-refractivity contribution in [2.45, 2.75) is 25.7 Å². The number of hydrogen-bond acceptors (Lipinski definition) is 3. The van der Waals surface area contributed by atoms with Crippen LogP contribution in [0.2, 0.25) is 0 Å². The maximum absolute atomic E-state index is 13.0. The van der Waals surface area contributed by atoms with Gasteiger partial charge in [-0.05, 0) is 71.7 Å². The molecule has 0 unspecified atom stereocenters. The molecule has 0 aliphatic carbocycles. The summed E-state index contributed by atoms with van der Waals surface area (Å²) < 4.78 is 6.06. The predicted molar refractivity (Wildman–Crippen MR) is 149 cm³/mol. The number of nitrogens with zero attached hydrogens (tertiary/aromatic N) is 2. The molecule has 1 aromatic heterocycles. The van der Waals surface area contributed by atoms with Gasteiger partial charge >= 0.3 is 0 Å². The standard InChI is InChI=1S/C32H31N3O2/c36-32(21-37-31-11-4-3-10-28(31)26-14-15-29-30(20-26)34-22-33-29)35-18-16-23(17-19-35)12-13-25-8-5-7-24-6-1-2-9-27(24)25/h1-11,14-15,20,22-23H,12-13,16-19,21H2,(H,33,34). The molecule has 0 atom stereocenters. The molecule has 0 radical (unpaired) electrons. The number of rotatable bonds is 7. The third-order valence-electron chi connectivity index (χ3n) is 7.64. The average molecular weight is 490 g/mol. The SMILES string of the molecule is O=C(COc1ccccc1-c1ccc2nc[nH]c2c1)N1CCC(CCc2cccc3ccccc23)CC1. The number of fused-ring (bicyclic) bond motifs is 2. The Labute approximate surface area is 217 Å². The van der Waals surface area contributed by atoms with E-state index >= 15 is 0 Å². The minimum Gasteiger partial charge on any atom is -0.483 e. The number of para-hydroxylation sites is 1. The van der Waals surface area contributed by atoms with E-state index in [1.807, 2.05) is 41.3 Å². The van der Waals surface area contributed by atoms with Crippen molar-refractivity contribution >= 4 is 27.7 Å². The van der Waals surface area contributed by atoms with Gasteiger partial charge in [0.05, 0.1) is 17.4 Å². The van der Waals surface area contributed by atoms with Crippen molar-refractivity contribution in [3.8, 4) is 16.9 Å². The molecule has 186 valence electrons. The first-order valence-electron chi connectivity index (χ1n) is 13.1. The van der Waals surface area contributed by atoms with Crippen molar-refractivity contribution in [3.05, 3.63) is 96.8 Å². The largest absolute Gasteiger partial charge is 0.483 e. The maximum atomic E-state index is 13.0. The van der Waals surface area contributed by atoms with E-state index in [1.165, 1.54) is 22.8 Å². The summed E-state index contributed by atoms with van der Waals surface area (Å²) in [5.41, 5.74) is 5.34. The van der Waals surface area contributed by atoms with Crippen LogP contribution in [-0.4, -0.2) is 40.5 Å². The van der Waals surface area contributed by atoms with Crippen LogP contribution in [0.1, 0.15) is 24.8 Å². The van der Waals surface area contributed by atoms with Crippen LogP contribution in [0.4, 0.5) is 0 Å².